The fourth-order valence-corrected chi connectivity index (χ4v) is 4.19. The Hall–Kier alpha value is -2.96. The minimum atomic E-state index is -0.926. The maximum Gasteiger partial charge on any atom is 0.293 e. The lowest BCUT2D eigenvalue weighted by Crippen LogP contribution is -2.27. The van der Waals surface area contributed by atoms with Crippen molar-refractivity contribution in [3.05, 3.63) is 53.5 Å². The van der Waals surface area contributed by atoms with Gasteiger partial charge in [0.15, 0.2) is 7.85 Å². The van der Waals surface area contributed by atoms with E-state index in [0.29, 0.717) is 6.42 Å². The molecule has 0 saturated carbocycles. The Morgan fingerprint density at radius 2 is 1.90 bits per heavy atom. The topological polar surface area (TPSA) is 70.9 Å². The van der Waals surface area contributed by atoms with E-state index in [4.69, 9.17) is 0 Å². The Morgan fingerprint density at radius 3 is 2.50 bits per heavy atom. The molecule has 2 aromatic heterocycles. The van der Waals surface area contributed by atoms with Crippen LogP contribution in [-0.2, 0) is 11.2 Å². The summed E-state index contributed by atoms with van der Waals surface area (Å²) in [6.07, 6.45) is 0.388. The van der Waals surface area contributed by atoms with Crippen molar-refractivity contribution in [2.24, 2.45) is 0 Å². The van der Waals surface area contributed by atoms with Crippen LogP contribution in [0.4, 0.5) is 4.39 Å². The molecule has 0 aliphatic heterocycles. The quantitative estimate of drug-likeness (QED) is 0.492. The van der Waals surface area contributed by atoms with Crippen molar-refractivity contribution in [1.29, 1.82) is 0 Å². The van der Waals surface area contributed by atoms with Crippen LogP contribution in [-0.4, -0.2) is 49.4 Å². The maximum atomic E-state index is 13.6. The van der Waals surface area contributed by atoms with Crippen LogP contribution in [0.3, 0.4) is 0 Å². The second kappa shape index (κ2) is 7.08. The van der Waals surface area contributed by atoms with E-state index in [1.54, 1.807) is 27.8 Å². The molecule has 0 atom stereocenters. The van der Waals surface area contributed by atoms with Gasteiger partial charge in [-0.1, -0.05) is 13.8 Å². The Kier molecular flexibility index (Phi) is 4.79. The molecule has 0 amide bonds. The van der Waals surface area contributed by atoms with Crippen molar-refractivity contribution in [2.75, 3.05) is 0 Å². The highest BCUT2D eigenvalue weighted by Gasteiger charge is 2.32. The summed E-state index contributed by atoms with van der Waals surface area (Å²) in [5.74, 6) is -0.987. The lowest BCUT2D eigenvalue weighted by atomic mass is 9.51. The molecule has 30 heavy (non-hydrogen) atoms. The number of rotatable bonds is 5. The molecule has 5 nitrogen and oxygen atoms in total. The minimum absolute atomic E-state index is 0.139. The number of nitrogens with zero attached hydrogens (tertiary/aromatic N) is 2. The fraction of sp³-hybridized carbons (Fsp3) is 0.238. The van der Waals surface area contributed by atoms with Gasteiger partial charge in [0.25, 0.3) is 5.97 Å². The van der Waals surface area contributed by atoms with Crippen LogP contribution in [0.2, 0.25) is 5.21 Å². The van der Waals surface area contributed by atoms with E-state index < -0.39 is 11.2 Å². The molecule has 0 saturated heterocycles. The summed E-state index contributed by atoms with van der Waals surface area (Å²) in [5.41, 5.74) is 5.69. The molecule has 2 aromatic carbocycles. The summed E-state index contributed by atoms with van der Waals surface area (Å²) < 4.78 is 15.8. The molecule has 0 aliphatic rings. The number of halogens is 1. The zero-order chi connectivity index (χ0) is 21.8. The van der Waals surface area contributed by atoms with Gasteiger partial charge in [-0.15, -0.1) is 0 Å². The number of aromatic amines is 1. The maximum absolute atomic E-state index is 13.6. The van der Waals surface area contributed by atoms with Gasteiger partial charge in [-0.2, -0.15) is 5.10 Å². The lowest BCUT2D eigenvalue weighted by Gasteiger charge is -2.22. The second-order valence-corrected chi connectivity index (χ2v) is 8.92. The van der Waals surface area contributed by atoms with Gasteiger partial charge in [0.1, 0.15) is 21.5 Å². The first-order chi connectivity index (χ1) is 14.1. The highest BCUT2D eigenvalue weighted by Crippen LogP contribution is 2.39. The highest BCUT2D eigenvalue weighted by molar-refractivity contribution is 6.50. The molecule has 0 spiro atoms. The first kappa shape index (κ1) is 20.3. The third-order valence-electron chi connectivity index (χ3n) is 5.82. The van der Waals surface area contributed by atoms with Gasteiger partial charge in [0.05, 0.1) is 11.0 Å². The number of aliphatic carboxylic acids is 1. The molecule has 150 valence electrons. The number of fused-ring (bicyclic) bond motifs is 2. The number of nitrogens with one attached hydrogen (secondary N) is 1. The molecular weight excluding hydrogens is 378 g/mol. The zero-order valence-corrected chi connectivity index (χ0v) is 17.9. The standard InChI is InChI=1S/C21H23B3FN3O2/c1-10(2)18-15(9-21(23,24)20(29)30)13-7-16-14(19(22)27-26-16)8-17(13)28(18)12-5-3-11(25)4-6-12/h3-8,10H,9,22-24H2,1-2H3,(H,26,27)(H,29,30). The van der Waals surface area contributed by atoms with Crippen molar-refractivity contribution in [2.45, 2.75) is 31.4 Å². The molecule has 2 N–H and O–H groups in total. The SMILES string of the molecule is Bc1n[nH]c2cc3c(CC(B)(B)C(=O)O)c(C(C)C)n(-c4ccc(F)cc4)c3cc12. The zero-order valence-electron chi connectivity index (χ0n) is 17.9. The van der Waals surface area contributed by atoms with Crippen LogP contribution in [0.5, 0.6) is 0 Å². The number of carbonyl (C=O) groups is 1. The molecule has 4 rings (SSSR count). The second-order valence-electron chi connectivity index (χ2n) is 8.92. The van der Waals surface area contributed by atoms with Gasteiger partial charge in [0, 0.05) is 33.0 Å². The van der Waals surface area contributed by atoms with Crippen molar-refractivity contribution in [1.82, 2.24) is 14.8 Å². The van der Waals surface area contributed by atoms with Crippen LogP contribution < -0.4 is 5.59 Å². The Morgan fingerprint density at radius 1 is 1.23 bits per heavy atom. The number of H-pyrrole nitrogens is 1. The van der Waals surface area contributed by atoms with E-state index in [-0.39, 0.29) is 11.7 Å². The van der Waals surface area contributed by atoms with E-state index in [2.05, 4.69) is 40.7 Å². The van der Waals surface area contributed by atoms with Crippen LogP contribution in [0.1, 0.15) is 31.0 Å². The Bertz CT molecular complexity index is 1280. The normalized spacial score (nSPS) is 12.3. The number of hydrogen-bond donors (Lipinski definition) is 2. The van der Waals surface area contributed by atoms with Crippen molar-refractivity contribution in [3.8, 4) is 5.69 Å². The minimum Gasteiger partial charge on any atom is -0.482 e. The lowest BCUT2D eigenvalue weighted by molar-refractivity contribution is -0.138. The molecule has 0 aliphatic carbocycles. The molecule has 2 heterocycles. The molecule has 4 aromatic rings. The Labute approximate surface area is 176 Å². The summed E-state index contributed by atoms with van der Waals surface area (Å²) >= 11 is 0. The fourth-order valence-electron chi connectivity index (χ4n) is 4.19. The highest BCUT2D eigenvalue weighted by atomic mass is 19.1. The summed E-state index contributed by atoms with van der Waals surface area (Å²) in [6.45, 7) is 4.20. The molecule has 0 bridgehead atoms. The number of benzene rings is 2. The summed E-state index contributed by atoms with van der Waals surface area (Å²) in [6, 6.07) is 10.6. The van der Waals surface area contributed by atoms with Gasteiger partial charge in [-0.3, -0.25) is 9.89 Å². The predicted octanol–water partition coefficient (Wildman–Crippen LogP) is 1.04. The Balaban J connectivity index is 2.12. The van der Waals surface area contributed by atoms with Crippen molar-refractivity contribution in [3.63, 3.8) is 0 Å². The number of carboxylic acids is 1. The van der Waals surface area contributed by atoms with E-state index in [0.717, 1.165) is 44.3 Å². The number of aromatic nitrogens is 3. The van der Waals surface area contributed by atoms with Gasteiger partial charge in [-0.05, 0) is 54.3 Å². The number of carboxylic acid groups (broad SMARTS) is 1. The largest absolute Gasteiger partial charge is 0.482 e. The van der Waals surface area contributed by atoms with Gasteiger partial charge >= 0.3 is 0 Å². The van der Waals surface area contributed by atoms with Gasteiger partial charge in [-0.25, -0.2) is 4.39 Å². The van der Waals surface area contributed by atoms with E-state index >= 15 is 0 Å². The smallest absolute Gasteiger partial charge is 0.293 e. The van der Waals surface area contributed by atoms with Crippen LogP contribution in [0.15, 0.2) is 36.4 Å². The predicted molar refractivity (Wildman–Crippen MR) is 126 cm³/mol. The third-order valence-corrected chi connectivity index (χ3v) is 5.82. The molecular formula is C21H23B3FN3O2. The molecule has 0 unspecified atom stereocenters. The summed E-state index contributed by atoms with van der Waals surface area (Å²) in [4.78, 5) is 11.9. The van der Waals surface area contributed by atoms with Crippen LogP contribution >= 0.6 is 0 Å². The first-order valence-corrected chi connectivity index (χ1v) is 10.1. The average Bonchev–Trinajstić information content (AvgIpc) is 3.19. The third kappa shape index (κ3) is 3.22. The van der Waals surface area contributed by atoms with Crippen LogP contribution in [0, 0.1) is 5.82 Å². The van der Waals surface area contributed by atoms with Gasteiger partial charge < -0.3 is 9.67 Å². The molecule has 0 fully saturated rings. The van der Waals surface area contributed by atoms with Crippen LogP contribution in [0.25, 0.3) is 27.5 Å². The molecule has 0 radical (unpaired) electrons. The molecule has 9 heteroatoms. The monoisotopic (exact) mass is 401 g/mol. The van der Waals surface area contributed by atoms with Crippen molar-refractivity contribution >= 4 is 56.9 Å². The first-order valence-electron chi connectivity index (χ1n) is 10.1. The van der Waals surface area contributed by atoms with Gasteiger partial charge in [0.2, 0.25) is 0 Å². The number of hydrogen-bond acceptors (Lipinski definition) is 2. The van der Waals surface area contributed by atoms with E-state index in [1.165, 1.54) is 12.1 Å². The van der Waals surface area contributed by atoms with E-state index in [1.807, 2.05) is 7.85 Å². The average molecular weight is 401 g/mol. The summed E-state index contributed by atoms with van der Waals surface area (Å²) in [7, 11) is 5.45. The van der Waals surface area contributed by atoms with E-state index in [9.17, 15) is 14.3 Å². The summed E-state index contributed by atoms with van der Waals surface area (Å²) in [5, 5.41) is 18.3. The van der Waals surface area contributed by atoms with Crippen molar-refractivity contribution < 1.29 is 14.3 Å².